The molecule has 0 aliphatic heterocycles. The Morgan fingerprint density at radius 2 is 0.884 bits per heavy atom. The standard InChI is InChI=1S/C42H25Br/c43-42-37-16-6-5-15-36(37)40(34-19-8-18-31-30-14-4-3-10-26(30)22-23-33(31)34)38-21-9-20-35(41(38)42)32-17-7-13-29-24-27-11-1-2-12-28(27)25-39(29)32/h1-25H. The summed E-state index contributed by atoms with van der Waals surface area (Å²) < 4.78 is 1.14. The van der Waals surface area contributed by atoms with Crippen molar-refractivity contribution in [3.05, 3.63) is 156 Å². The van der Waals surface area contributed by atoms with Gasteiger partial charge in [0.2, 0.25) is 0 Å². The summed E-state index contributed by atoms with van der Waals surface area (Å²) in [5, 5.41) is 15.1. The van der Waals surface area contributed by atoms with E-state index in [-0.39, 0.29) is 0 Å². The van der Waals surface area contributed by atoms with Gasteiger partial charge in [-0.05, 0) is 110 Å². The van der Waals surface area contributed by atoms with Crippen LogP contribution in [-0.4, -0.2) is 0 Å². The average molecular weight is 610 g/mol. The first-order valence-corrected chi connectivity index (χ1v) is 15.5. The average Bonchev–Trinajstić information content (AvgIpc) is 3.07. The van der Waals surface area contributed by atoms with Crippen LogP contribution in [0, 0.1) is 0 Å². The van der Waals surface area contributed by atoms with Crippen LogP contribution in [0.25, 0.3) is 86.9 Å². The first-order valence-electron chi connectivity index (χ1n) is 14.7. The van der Waals surface area contributed by atoms with Crippen molar-refractivity contribution in [1.29, 1.82) is 0 Å². The molecule has 0 aromatic heterocycles. The summed E-state index contributed by atoms with van der Waals surface area (Å²) in [5.74, 6) is 0. The van der Waals surface area contributed by atoms with Crippen LogP contribution in [0.5, 0.6) is 0 Å². The van der Waals surface area contributed by atoms with Gasteiger partial charge in [-0.2, -0.15) is 0 Å². The smallest absolute Gasteiger partial charge is 0.0338 e. The van der Waals surface area contributed by atoms with E-state index in [1.807, 2.05) is 0 Å². The summed E-state index contributed by atoms with van der Waals surface area (Å²) in [4.78, 5) is 0. The molecule has 200 valence electrons. The topological polar surface area (TPSA) is 0 Å². The molecule has 1 heteroatoms. The minimum Gasteiger partial charge on any atom is -0.0616 e. The van der Waals surface area contributed by atoms with Crippen LogP contribution >= 0.6 is 15.9 Å². The SMILES string of the molecule is Brc1c2ccccc2c(-c2cccc3c2ccc2ccccc23)c2cccc(-c3cccc4cc5ccccc5cc34)c12. The molecule has 0 saturated heterocycles. The highest BCUT2D eigenvalue weighted by Gasteiger charge is 2.19. The molecule has 0 fully saturated rings. The van der Waals surface area contributed by atoms with Crippen molar-refractivity contribution in [3.8, 4) is 22.3 Å². The molecule has 9 aromatic carbocycles. The van der Waals surface area contributed by atoms with Crippen molar-refractivity contribution in [1.82, 2.24) is 0 Å². The Hall–Kier alpha value is -4.98. The summed E-state index contributed by atoms with van der Waals surface area (Å²) in [7, 11) is 0. The second-order valence-corrected chi connectivity index (χ2v) is 12.2. The van der Waals surface area contributed by atoms with Crippen molar-refractivity contribution >= 4 is 80.6 Å². The highest BCUT2D eigenvalue weighted by molar-refractivity contribution is 9.10. The first-order chi connectivity index (χ1) is 21.3. The van der Waals surface area contributed by atoms with Gasteiger partial charge in [-0.1, -0.05) is 140 Å². The normalized spacial score (nSPS) is 11.8. The Bertz CT molecular complexity index is 2570. The maximum atomic E-state index is 4.12. The fourth-order valence-electron chi connectivity index (χ4n) is 7.14. The van der Waals surface area contributed by atoms with E-state index < -0.39 is 0 Å². The van der Waals surface area contributed by atoms with Gasteiger partial charge in [0.1, 0.15) is 0 Å². The van der Waals surface area contributed by atoms with Crippen LogP contribution < -0.4 is 0 Å². The van der Waals surface area contributed by atoms with E-state index in [2.05, 4.69) is 168 Å². The Kier molecular flexibility index (Phi) is 5.45. The summed E-state index contributed by atoms with van der Waals surface area (Å²) in [6, 6.07) is 55.6. The van der Waals surface area contributed by atoms with Gasteiger partial charge in [0.25, 0.3) is 0 Å². The second kappa shape index (κ2) is 9.52. The van der Waals surface area contributed by atoms with E-state index in [4.69, 9.17) is 0 Å². The number of halogens is 1. The molecule has 0 heterocycles. The monoisotopic (exact) mass is 608 g/mol. The fourth-order valence-corrected chi connectivity index (χ4v) is 7.92. The van der Waals surface area contributed by atoms with Gasteiger partial charge in [-0.15, -0.1) is 0 Å². The van der Waals surface area contributed by atoms with Crippen molar-refractivity contribution in [2.24, 2.45) is 0 Å². The molecule has 0 saturated carbocycles. The molecule has 0 atom stereocenters. The number of benzene rings is 9. The third kappa shape index (κ3) is 3.68. The first kappa shape index (κ1) is 24.6. The molecule has 0 N–H and O–H groups in total. The fraction of sp³-hybridized carbons (Fsp3) is 0. The molecule has 0 amide bonds. The van der Waals surface area contributed by atoms with Gasteiger partial charge in [0, 0.05) is 9.86 Å². The molecule has 0 aliphatic carbocycles. The molecule has 9 rings (SSSR count). The van der Waals surface area contributed by atoms with Crippen molar-refractivity contribution in [2.75, 3.05) is 0 Å². The van der Waals surface area contributed by atoms with Crippen LogP contribution in [-0.2, 0) is 0 Å². The van der Waals surface area contributed by atoms with Crippen molar-refractivity contribution in [2.45, 2.75) is 0 Å². The lowest BCUT2D eigenvalue weighted by Gasteiger charge is -2.19. The van der Waals surface area contributed by atoms with Gasteiger partial charge >= 0.3 is 0 Å². The largest absolute Gasteiger partial charge is 0.0616 e. The Morgan fingerprint density at radius 1 is 0.302 bits per heavy atom. The minimum absolute atomic E-state index is 1.14. The summed E-state index contributed by atoms with van der Waals surface area (Å²) in [6.45, 7) is 0. The molecule has 0 unspecified atom stereocenters. The summed E-state index contributed by atoms with van der Waals surface area (Å²) in [6.07, 6.45) is 0. The van der Waals surface area contributed by atoms with Gasteiger partial charge in [-0.3, -0.25) is 0 Å². The third-order valence-electron chi connectivity index (χ3n) is 9.08. The van der Waals surface area contributed by atoms with E-state index in [1.54, 1.807) is 0 Å². The molecule has 0 spiro atoms. The van der Waals surface area contributed by atoms with Gasteiger partial charge in [0.15, 0.2) is 0 Å². The maximum absolute atomic E-state index is 4.12. The second-order valence-electron chi connectivity index (χ2n) is 11.4. The van der Waals surface area contributed by atoms with E-state index in [0.29, 0.717) is 0 Å². The zero-order valence-corrected chi connectivity index (χ0v) is 24.9. The van der Waals surface area contributed by atoms with Crippen LogP contribution in [0.4, 0.5) is 0 Å². The highest BCUT2D eigenvalue weighted by atomic mass is 79.9. The van der Waals surface area contributed by atoms with Crippen molar-refractivity contribution in [3.63, 3.8) is 0 Å². The molecule has 43 heavy (non-hydrogen) atoms. The minimum atomic E-state index is 1.14. The molecule has 0 aliphatic rings. The van der Waals surface area contributed by atoms with Crippen molar-refractivity contribution < 1.29 is 0 Å². The van der Waals surface area contributed by atoms with E-state index >= 15 is 0 Å². The predicted molar refractivity (Wildman–Crippen MR) is 190 cm³/mol. The quantitative estimate of drug-likeness (QED) is 0.135. The predicted octanol–water partition coefficient (Wildman–Crippen LogP) is 12.7. The summed E-state index contributed by atoms with van der Waals surface area (Å²) >= 11 is 4.12. The third-order valence-corrected chi connectivity index (χ3v) is 9.90. The molecule has 0 radical (unpaired) electrons. The molecule has 0 nitrogen and oxygen atoms in total. The maximum Gasteiger partial charge on any atom is 0.0338 e. The van der Waals surface area contributed by atoms with Crippen LogP contribution in [0.15, 0.2) is 156 Å². The molecule has 9 aromatic rings. The van der Waals surface area contributed by atoms with Crippen LogP contribution in [0.1, 0.15) is 0 Å². The number of fused-ring (bicyclic) bond motifs is 7. The van der Waals surface area contributed by atoms with Crippen LogP contribution in [0.2, 0.25) is 0 Å². The lowest BCUT2D eigenvalue weighted by Crippen LogP contribution is -1.92. The zero-order chi connectivity index (χ0) is 28.5. The van der Waals surface area contributed by atoms with E-state index in [0.717, 1.165) is 4.47 Å². The number of rotatable bonds is 2. The van der Waals surface area contributed by atoms with E-state index in [9.17, 15) is 0 Å². The van der Waals surface area contributed by atoms with Gasteiger partial charge in [0.05, 0.1) is 0 Å². The zero-order valence-electron chi connectivity index (χ0n) is 23.3. The van der Waals surface area contributed by atoms with Gasteiger partial charge < -0.3 is 0 Å². The molecular weight excluding hydrogens is 584 g/mol. The van der Waals surface area contributed by atoms with Gasteiger partial charge in [-0.25, -0.2) is 0 Å². The van der Waals surface area contributed by atoms with E-state index in [1.165, 1.54) is 86.9 Å². The number of hydrogen-bond acceptors (Lipinski definition) is 0. The summed E-state index contributed by atoms with van der Waals surface area (Å²) in [5.41, 5.74) is 5.03. The lowest BCUT2D eigenvalue weighted by molar-refractivity contribution is 1.68. The number of hydrogen-bond donors (Lipinski definition) is 0. The van der Waals surface area contributed by atoms with Crippen LogP contribution in [0.3, 0.4) is 0 Å². The Morgan fingerprint density at radius 3 is 1.72 bits per heavy atom. The lowest BCUT2D eigenvalue weighted by atomic mass is 9.85. The molecule has 0 bridgehead atoms. The Balaban J connectivity index is 1.43. The Labute approximate surface area is 258 Å². The molecular formula is C42H25Br. The highest BCUT2D eigenvalue weighted by Crippen LogP contribution is 2.48.